The summed E-state index contributed by atoms with van der Waals surface area (Å²) in [6, 6.07) is 0.301. The molecule has 19 heavy (non-hydrogen) atoms. The van der Waals surface area contributed by atoms with Crippen molar-refractivity contribution in [1.29, 1.82) is 0 Å². The van der Waals surface area contributed by atoms with E-state index in [0.717, 1.165) is 18.5 Å². The first kappa shape index (κ1) is 14.2. The van der Waals surface area contributed by atoms with Gasteiger partial charge in [0.2, 0.25) is 5.28 Å². The predicted molar refractivity (Wildman–Crippen MR) is 76.5 cm³/mol. The largest absolute Gasteiger partial charge is 0.318 e. The molecule has 1 unspecified atom stereocenters. The van der Waals surface area contributed by atoms with E-state index < -0.39 is 0 Å². The number of aromatic nitrogens is 4. The lowest BCUT2D eigenvalue weighted by atomic mass is 10.2. The van der Waals surface area contributed by atoms with Gasteiger partial charge < -0.3 is 5.32 Å². The molecule has 0 fully saturated rings. The van der Waals surface area contributed by atoms with Crippen LogP contribution in [0.1, 0.15) is 19.4 Å². The first-order valence-corrected chi connectivity index (χ1v) is 6.78. The van der Waals surface area contributed by atoms with Gasteiger partial charge in [-0.05, 0) is 25.1 Å². The van der Waals surface area contributed by atoms with Crippen molar-refractivity contribution in [3.8, 4) is 11.3 Å². The first-order valence-electron chi connectivity index (χ1n) is 6.02. The average molecular weight is 300 g/mol. The Bertz CT molecular complexity index is 555. The van der Waals surface area contributed by atoms with E-state index in [1.54, 1.807) is 6.20 Å². The highest BCUT2D eigenvalue weighted by molar-refractivity contribution is 6.33. The second kappa shape index (κ2) is 6.32. The fourth-order valence-corrected chi connectivity index (χ4v) is 2.20. The molecule has 1 atom stereocenters. The molecule has 0 aliphatic carbocycles. The highest BCUT2D eigenvalue weighted by Gasteiger charge is 2.13. The van der Waals surface area contributed by atoms with E-state index in [-0.39, 0.29) is 5.28 Å². The van der Waals surface area contributed by atoms with Crippen molar-refractivity contribution >= 4 is 23.2 Å². The van der Waals surface area contributed by atoms with Gasteiger partial charge in [0.1, 0.15) is 0 Å². The van der Waals surface area contributed by atoms with Crippen molar-refractivity contribution in [3.63, 3.8) is 0 Å². The topological polar surface area (TPSA) is 55.6 Å². The van der Waals surface area contributed by atoms with Gasteiger partial charge >= 0.3 is 0 Å². The fraction of sp³-hybridized carbons (Fsp3) is 0.417. The Labute approximate surface area is 122 Å². The van der Waals surface area contributed by atoms with Crippen LogP contribution in [0.4, 0.5) is 0 Å². The number of likely N-dealkylation sites (N-methyl/N-ethyl adjacent to an activating group) is 1. The van der Waals surface area contributed by atoms with Crippen LogP contribution in [-0.2, 0) is 0 Å². The predicted octanol–water partition coefficient (Wildman–Crippen LogP) is 2.82. The summed E-state index contributed by atoms with van der Waals surface area (Å²) in [5.41, 5.74) is 1.44. The van der Waals surface area contributed by atoms with Crippen molar-refractivity contribution in [2.24, 2.45) is 0 Å². The molecule has 0 aliphatic rings. The van der Waals surface area contributed by atoms with Crippen LogP contribution >= 0.6 is 23.2 Å². The molecule has 2 aromatic heterocycles. The van der Waals surface area contributed by atoms with Crippen molar-refractivity contribution in [2.45, 2.75) is 19.4 Å². The third-order valence-electron chi connectivity index (χ3n) is 2.87. The zero-order valence-corrected chi connectivity index (χ0v) is 12.3. The molecule has 0 aliphatic heterocycles. The van der Waals surface area contributed by atoms with Crippen LogP contribution in [0.3, 0.4) is 0 Å². The van der Waals surface area contributed by atoms with E-state index in [4.69, 9.17) is 23.2 Å². The van der Waals surface area contributed by atoms with Crippen molar-refractivity contribution in [2.75, 3.05) is 13.6 Å². The Balaban J connectivity index is 2.32. The molecule has 2 rings (SSSR count). The second-order valence-corrected chi connectivity index (χ2v) is 4.91. The van der Waals surface area contributed by atoms with Gasteiger partial charge in [0, 0.05) is 18.3 Å². The molecule has 2 aromatic rings. The molecule has 0 saturated heterocycles. The number of halogens is 2. The van der Waals surface area contributed by atoms with Gasteiger partial charge in [0.25, 0.3) is 0 Å². The van der Waals surface area contributed by atoms with Crippen LogP contribution in [0, 0.1) is 0 Å². The van der Waals surface area contributed by atoms with Gasteiger partial charge in [-0.3, -0.25) is 4.68 Å². The van der Waals surface area contributed by atoms with E-state index in [1.165, 1.54) is 6.20 Å². The molecule has 0 aromatic carbocycles. The lowest BCUT2D eigenvalue weighted by molar-refractivity contribution is 0.425. The molecule has 5 nitrogen and oxygen atoms in total. The van der Waals surface area contributed by atoms with Crippen LogP contribution in [-0.4, -0.2) is 33.3 Å². The quantitative estimate of drug-likeness (QED) is 0.863. The van der Waals surface area contributed by atoms with Gasteiger partial charge in [-0.15, -0.1) is 0 Å². The molecule has 102 valence electrons. The van der Waals surface area contributed by atoms with E-state index >= 15 is 0 Å². The van der Waals surface area contributed by atoms with E-state index in [1.807, 2.05) is 17.9 Å². The Morgan fingerprint density at radius 2 is 2.16 bits per heavy atom. The summed E-state index contributed by atoms with van der Waals surface area (Å²) in [5, 5.41) is 8.16. The second-order valence-electron chi connectivity index (χ2n) is 4.16. The SMILES string of the molecule is CCC(CNC)n1cc(-c2nc(Cl)ncc2Cl)cn1. The first-order chi connectivity index (χ1) is 9.15. The maximum atomic E-state index is 6.08. The maximum Gasteiger partial charge on any atom is 0.222 e. The minimum atomic E-state index is 0.175. The fourth-order valence-electron chi connectivity index (χ4n) is 1.87. The third-order valence-corrected chi connectivity index (χ3v) is 3.33. The summed E-state index contributed by atoms with van der Waals surface area (Å²) in [6.45, 7) is 2.98. The zero-order valence-electron chi connectivity index (χ0n) is 10.8. The van der Waals surface area contributed by atoms with E-state index in [2.05, 4.69) is 27.3 Å². The van der Waals surface area contributed by atoms with Crippen molar-refractivity contribution < 1.29 is 0 Å². The minimum Gasteiger partial charge on any atom is -0.318 e. The molecular formula is C12H15Cl2N5. The zero-order chi connectivity index (χ0) is 13.8. The molecule has 0 bridgehead atoms. The highest BCUT2D eigenvalue weighted by Crippen LogP contribution is 2.26. The molecule has 0 radical (unpaired) electrons. The molecule has 0 amide bonds. The van der Waals surface area contributed by atoms with Crippen LogP contribution in [0.2, 0.25) is 10.3 Å². The minimum absolute atomic E-state index is 0.175. The summed E-state index contributed by atoms with van der Waals surface area (Å²) in [6.07, 6.45) is 6.15. The summed E-state index contributed by atoms with van der Waals surface area (Å²) >= 11 is 11.9. The summed E-state index contributed by atoms with van der Waals surface area (Å²) < 4.78 is 1.91. The standard InChI is InChI=1S/C12H15Cl2N5/c1-3-9(5-15-2)19-7-8(4-17-19)11-10(13)6-16-12(14)18-11/h4,6-7,9,15H,3,5H2,1-2H3. The number of hydrogen-bond acceptors (Lipinski definition) is 4. The maximum absolute atomic E-state index is 6.08. The Hall–Kier alpha value is -1.17. The Morgan fingerprint density at radius 1 is 1.37 bits per heavy atom. The van der Waals surface area contributed by atoms with E-state index in [0.29, 0.717) is 16.8 Å². The van der Waals surface area contributed by atoms with Crippen molar-refractivity contribution in [3.05, 3.63) is 28.9 Å². The van der Waals surface area contributed by atoms with E-state index in [9.17, 15) is 0 Å². The van der Waals surface area contributed by atoms with Gasteiger partial charge in [-0.2, -0.15) is 5.10 Å². The summed E-state index contributed by atoms with van der Waals surface area (Å²) in [5.74, 6) is 0. The van der Waals surface area contributed by atoms with Gasteiger partial charge in [0.05, 0.1) is 29.2 Å². The molecule has 0 saturated carbocycles. The average Bonchev–Trinajstić information content (AvgIpc) is 2.88. The summed E-state index contributed by atoms with van der Waals surface area (Å²) in [4.78, 5) is 7.98. The van der Waals surface area contributed by atoms with Gasteiger partial charge in [-0.1, -0.05) is 18.5 Å². The summed E-state index contributed by atoms with van der Waals surface area (Å²) in [7, 11) is 1.92. The Morgan fingerprint density at radius 3 is 2.84 bits per heavy atom. The Kier molecular flexibility index (Phi) is 4.74. The smallest absolute Gasteiger partial charge is 0.222 e. The molecule has 7 heteroatoms. The number of rotatable bonds is 5. The highest BCUT2D eigenvalue weighted by atomic mass is 35.5. The van der Waals surface area contributed by atoms with Gasteiger partial charge in [-0.25, -0.2) is 9.97 Å². The lowest BCUT2D eigenvalue weighted by Crippen LogP contribution is -2.22. The van der Waals surface area contributed by atoms with Crippen LogP contribution in [0.5, 0.6) is 0 Å². The normalized spacial score (nSPS) is 12.6. The molecular weight excluding hydrogens is 285 g/mol. The number of nitrogens with zero attached hydrogens (tertiary/aromatic N) is 4. The van der Waals surface area contributed by atoms with Crippen molar-refractivity contribution in [1.82, 2.24) is 25.1 Å². The number of hydrogen-bond donors (Lipinski definition) is 1. The molecule has 0 spiro atoms. The molecule has 1 N–H and O–H groups in total. The monoisotopic (exact) mass is 299 g/mol. The third kappa shape index (κ3) is 3.23. The van der Waals surface area contributed by atoms with Crippen LogP contribution < -0.4 is 5.32 Å². The lowest BCUT2D eigenvalue weighted by Gasteiger charge is -2.14. The number of nitrogens with one attached hydrogen (secondary N) is 1. The van der Waals surface area contributed by atoms with Crippen LogP contribution in [0.15, 0.2) is 18.6 Å². The molecule has 2 heterocycles. The van der Waals surface area contributed by atoms with Gasteiger partial charge in [0.15, 0.2) is 0 Å². The van der Waals surface area contributed by atoms with Crippen LogP contribution in [0.25, 0.3) is 11.3 Å².